The fraction of sp³-hybridized carbons (Fsp3) is 0.486. The molecule has 0 aromatic heterocycles. The van der Waals surface area contributed by atoms with E-state index in [-0.39, 0.29) is 23.4 Å². The summed E-state index contributed by atoms with van der Waals surface area (Å²) in [5.74, 6) is 0. The molecular formula is C35H50O3Si2. The van der Waals surface area contributed by atoms with Gasteiger partial charge in [0.15, 0.2) is 8.32 Å². The van der Waals surface area contributed by atoms with Gasteiger partial charge in [0, 0.05) is 0 Å². The van der Waals surface area contributed by atoms with Crippen molar-refractivity contribution in [3.05, 3.63) is 102 Å². The van der Waals surface area contributed by atoms with Crippen LogP contribution in [0.3, 0.4) is 0 Å². The normalized spacial score (nSPS) is 20.9. The standard InChI is InChI=1S/C35H50O3Si2/c1-35(2,3)40(6,7)38-32(24-23-28-17-11-8-12-18-28)34-33(39(4,5)31-21-15-10-16-22-31)25-30(37-34)27-36-26-29-19-13-9-14-20-29/h8-22,30,32-34H,23-27H2,1-7H3/t30-,32+,33+,34-/m0/s1. The highest BCUT2D eigenvalue weighted by Gasteiger charge is 2.51. The van der Waals surface area contributed by atoms with Gasteiger partial charge in [0.2, 0.25) is 0 Å². The molecule has 1 aliphatic heterocycles. The largest absolute Gasteiger partial charge is 0.411 e. The molecule has 0 saturated carbocycles. The Labute approximate surface area is 245 Å². The maximum atomic E-state index is 7.29. The summed E-state index contributed by atoms with van der Waals surface area (Å²) in [5.41, 5.74) is 3.02. The van der Waals surface area contributed by atoms with E-state index in [9.17, 15) is 0 Å². The Morgan fingerprint density at radius 2 is 1.35 bits per heavy atom. The Hall–Kier alpha value is -2.03. The average molecular weight is 575 g/mol. The predicted octanol–water partition coefficient (Wildman–Crippen LogP) is 8.37. The van der Waals surface area contributed by atoms with Crippen LogP contribution in [0.5, 0.6) is 0 Å². The zero-order valence-corrected chi connectivity index (χ0v) is 27.7. The van der Waals surface area contributed by atoms with Gasteiger partial charge in [-0.3, -0.25) is 0 Å². The van der Waals surface area contributed by atoms with E-state index in [0.717, 1.165) is 19.3 Å². The summed E-state index contributed by atoms with van der Waals surface area (Å²) >= 11 is 0. The minimum atomic E-state index is -2.03. The second kappa shape index (κ2) is 13.3. The molecule has 216 valence electrons. The molecule has 3 aromatic carbocycles. The smallest absolute Gasteiger partial charge is 0.192 e. The van der Waals surface area contributed by atoms with Crippen LogP contribution >= 0.6 is 0 Å². The molecule has 0 amide bonds. The van der Waals surface area contributed by atoms with Gasteiger partial charge in [-0.15, -0.1) is 0 Å². The molecule has 1 fully saturated rings. The maximum absolute atomic E-state index is 7.29. The lowest BCUT2D eigenvalue weighted by atomic mass is 10.0. The first-order valence-electron chi connectivity index (χ1n) is 15.0. The van der Waals surface area contributed by atoms with Gasteiger partial charge >= 0.3 is 0 Å². The molecule has 1 heterocycles. The summed E-state index contributed by atoms with van der Waals surface area (Å²) in [6, 6.07) is 32.4. The van der Waals surface area contributed by atoms with Gasteiger partial charge in [0.1, 0.15) is 0 Å². The number of hydrogen-bond acceptors (Lipinski definition) is 3. The highest BCUT2D eigenvalue weighted by Crippen LogP contribution is 2.45. The Kier molecular flexibility index (Phi) is 10.3. The lowest BCUT2D eigenvalue weighted by Crippen LogP contribution is -2.54. The highest BCUT2D eigenvalue weighted by atomic mass is 28.4. The molecule has 4 rings (SSSR count). The molecule has 40 heavy (non-hydrogen) atoms. The Bertz CT molecular complexity index is 1160. The predicted molar refractivity (Wildman–Crippen MR) is 174 cm³/mol. The Morgan fingerprint density at radius 3 is 1.93 bits per heavy atom. The Balaban J connectivity index is 1.60. The van der Waals surface area contributed by atoms with Crippen molar-refractivity contribution in [2.24, 2.45) is 0 Å². The molecule has 4 atom stereocenters. The first-order chi connectivity index (χ1) is 19.0. The van der Waals surface area contributed by atoms with E-state index in [1.807, 2.05) is 6.07 Å². The van der Waals surface area contributed by atoms with E-state index in [1.165, 1.54) is 16.3 Å². The van der Waals surface area contributed by atoms with Crippen LogP contribution in [-0.4, -0.2) is 41.3 Å². The molecular weight excluding hydrogens is 525 g/mol. The monoisotopic (exact) mass is 574 g/mol. The van der Waals surface area contributed by atoms with Crippen LogP contribution in [-0.2, 0) is 26.9 Å². The summed E-state index contributed by atoms with van der Waals surface area (Å²) in [5, 5.41) is 1.63. The van der Waals surface area contributed by atoms with Crippen molar-refractivity contribution >= 4 is 21.6 Å². The van der Waals surface area contributed by atoms with Gasteiger partial charge in [0.05, 0.1) is 39.6 Å². The van der Waals surface area contributed by atoms with Crippen LogP contribution in [0.1, 0.15) is 44.7 Å². The van der Waals surface area contributed by atoms with E-state index >= 15 is 0 Å². The van der Waals surface area contributed by atoms with Crippen molar-refractivity contribution < 1.29 is 13.9 Å². The lowest BCUT2D eigenvalue weighted by molar-refractivity contribution is -0.0608. The zero-order chi connectivity index (χ0) is 28.8. The molecule has 0 N–H and O–H groups in total. The van der Waals surface area contributed by atoms with Crippen LogP contribution in [0.2, 0.25) is 36.8 Å². The fourth-order valence-corrected chi connectivity index (χ4v) is 10.5. The average Bonchev–Trinajstić information content (AvgIpc) is 3.37. The van der Waals surface area contributed by atoms with E-state index < -0.39 is 16.4 Å². The van der Waals surface area contributed by atoms with E-state index in [1.54, 1.807) is 0 Å². The molecule has 3 aromatic rings. The summed E-state index contributed by atoms with van der Waals surface area (Å²) in [6.07, 6.45) is 3.18. The van der Waals surface area contributed by atoms with Gasteiger partial charge in [-0.2, -0.15) is 0 Å². The maximum Gasteiger partial charge on any atom is 0.192 e. The Morgan fingerprint density at radius 1 is 0.800 bits per heavy atom. The summed E-state index contributed by atoms with van der Waals surface area (Å²) in [6.45, 7) is 18.1. The molecule has 0 bridgehead atoms. The third kappa shape index (κ3) is 7.83. The molecule has 3 nitrogen and oxygen atoms in total. The van der Waals surface area contributed by atoms with Crippen molar-refractivity contribution in [1.82, 2.24) is 0 Å². The summed E-state index contributed by atoms with van der Waals surface area (Å²) in [4.78, 5) is 0. The summed E-state index contributed by atoms with van der Waals surface area (Å²) < 4.78 is 20.6. The van der Waals surface area contributed by atoms with E-state index in [4.69, 9.17) is 13.9 Å². The van der Waals surface area contributed by atoms with Crippen LogP contribution in [0, 0.1) is 0 Å². The van der Waals surface area contributed by atoms with Crippen LogP contribution in [0.25, 0.3) is 0 Å². The zero-order valence-electron chi connectivity index (χ0n) is 25.7. The third-order valence-electron chi connectivity index (χ3n) is 9.30. The van der Waals surface area contributed by atoms with Crippen LogP contribution in [0.4, 0.5) is 0 Å². The van der Waals surface area contributed by atoms with Crippen molar-refractivity contribution in [3.8, 4) is 0 Å². The number of ether oxygens (including phenoxy) is 2. The molecule has 0 radical (unpaired) electrons. The van der Waals surface area contributed by atoms with Crippen LogP contribution in [0.15, 0.2) is 91.0 Å². The van der Waals surface area contributed by atoms with Crippen molar-refractivity contribution in [3.63, 3.8) is 0 Å². The topological polar surface area (TPSA) is 27.7 Å². The number of hydrogen-bond donors (Lipinski definition) is 0. The SMILES string of the molecule is CC(C)(C)[Si](C)(C)O[C@H](CCc1ccccc1)[C@@H]1O[C@H](COCc2ccccc2)C[C@H]1[Si](C)(C)c1ccccc1. The van der Waals surface area contributed by atoms with E-state index in [0.29, 0.717) is 18.8 Å². The number of benzene rings is 3. The van der Waals surface area contributed by atoms with Gasteiger partial charge in [0.25, 0.3) is 0 Å². The van der Waals surface area contributed by atoms with Crippen molar-refractivity contribution in [2.75, 3.05) is 6.61 Å². The highest BCUT2D eigenvalue weighted by molar-refractivity contribution is 6.91. The second-order valence-electron chi connectivity index (χ2n) is 13.6. The van der Waals surface area contributed by atoms with Crippen LogP contribution < -0.4 is 5.19 Å². The van der Waals surface area contributed by atoms with E-state index in [2.05, 4.69) is 132 Å². The molecule has 0 spiro atoms. The molecule has 1 saturated heterocycles. The molecule has 1 aliphatic rings. The van der Waals surface area contributed by atoms with Gasteiger partial charge in [-0.1, -0.05) is 130 Å². The summed E-state index contributed by atoms with van der Waals surface area (Å²) in [7, 11) is -3.92. The third-order valence-corrected chi connectivity index (χ3v) is 18.0. The fourth-order valence-electron chi connectivity index (χ4n) is 5.71. The first-order valence-corrected chi connectivity index (χ1v) is 21.0. The van der Waals surface area contributed by atoms with Gasteiger partial charge in [-0.05, 0) is 54.1 Å². The first kappa shape index (κ1) is 30.9. The molecule has 0 aliphatic carbocycles. The van der Waals surface area contributed by atoms with Gasteiger partial charge in [-0.25, -0.2) is 0 Å². The number of aryl methyl sites for hydroxylation is 1. The second-order valence-corrected chi connectivity index (χ2v) is 23.1. The minimum Gasteiger partial charge on any atom is -0.411 e. The number of rotatable bonds is 12. The molecule has 0 unspecified atom stereocenters. The quantitative estimate of drug-likeness (QED) is 0.203. The van der Waals surface area contributed by atoms with Gasteiger partial charge < -0.3 is 13.9 Å². The van der Waals surface area contributed by atoms with Crippen molar-refractivity contribution in [2.45, 2.75) is 102 Å². The molecule has 5 heteroatoms. The lowest BCUT2D eigenvalue weighted by Gasteiger charge is -2.43. The van der Waals surface area contributed by atoms with Crippen molar-refractivity contribution in [1.29, 1.82) is 0 Å². The minimum absolute atomic E-state index is 0.0562.